The number of carbonyl (C=O) groups excluding carboxylic acids is 1. The standard InChI is InChI=1S/C18H24N6O2/c25-13-14-10-16-12-23(6-1-7-24(16)21-14)15-2-8-22(9-3-15)18(26)17-11-19-4-5-20-17/h4-5,10-11,15,25H,1-3,6-9,12-13H2. The molecule has 1 N–H and O–H groups in total. The van der Waals surface area contributed by atoms with Gasteiger partial charge in [-0.1, -0.05) is 0 Å². The minimum Gasteiger partial charge on any atom is -0.390 e. The van der Waals surface area contributed by atoms with Crippen LogP contribution in [0.2, 0.25) is 0 Å². The van der Waals surface area contributed by atoms with E-state index in [0.717, 1.165) is 57.7 Å². The van der Waals surface area contributed by atoms with E-state index in [1.54, 1.807) is 12.4 Å². The van der Waals surface area contributed by atoms with E-state index in [4.69, 9.17) is 0 Å². The third-order valence-electron chi connectivity index (χ3n) is 5.31. The molecule has 1 fully saturated rings. The van der Waals surface area contributed by atoms with Gasteiger partial charge < -0.3 is 10.0 Å². The molecule has 2 aliphatic heterocycles. The van der Waals surface area contributed by atoms with Crippen LogP contribution in [0.4, 0.5) is 0 Å². The fourth-order valence-electron chi connectivity index (χ4n) is 3.94. The van der Waals surface area contributed by atoms with E-state index >= 15 is 0 Å². The second kappa shape index (κ2) is 7.51. The zero-order valence-corrected chi connectivity index (χ0v) is 14.8. The van der Waals surface area contributed by atoms with Crippen molar-refractivity contribution in [3.05, 3.63) is 41.7 Å². The van der Waals surface area contributed by atoms with E-state index in [2.05, 4.69) is 20.0 Å². The first-order valence-corrected chi connectivity index (χ1v) is 9.20. The number of aliphatic hydroxyl groups excluding tert-OH is 1. The van der Waals surface area contributed by atoms with Crippen LogP contribution in [0.25, 0.3) is 0 Å². The van der Waals surface area contributed by atoms with Crippen LogP contribution in [-0.4, -0.2) is 66.2 Å². The van der Waals surface area contributed by atoms with Gasteiger partial charge in [-0.25, -0.2) is 4.98 Å². The molecular formula is C18H24N6O2. The van der Waals surface area contributed by atoms with E-state index in [-0.39, 0.29) is 12.5 Å². The molecule has 0 saturated carbocycles. The lowest BCUT2D eigenvalue weighted by Crippen LogP contribution is -2.46. The summed E-state index contributed by atoms with van der Waals surface area (Å²) in [5.41, 5.74) is 2.33. The average Bonchev–Trinajstić information content (AvgIpc) is 2.99. The van der Waals surface area contributed by atoms with Crippen molar-refractivity contribution in [1.82, 2.24) is 29.5 Å². The summed E-state index contributed by atoms with van der Waals surface area (Å²) in [4.78, 5) is 25.0. The van der Waals surface area contributed by atoms with Gasteiger partial charge in [-0.3, -0.25) is 19.4 Å². The zero-order valence-electron chi connectivity index (χ0n) is 14.8. The molecule has 2 aromatic heterocycles. The quantitative estimate of drug-likeness (QED) is 0.870. The number of fused-ring (bicyclic) bond motifs is 1. The summed E-state index contributed by atoms with van der Waals surface area (Å²) in [5, 5.41) is 13.8. The maximum Gasteiger partial charge on any atom is 0.274 e. The van der Waals surface area contributed by atoms with Crippen molar-refractivity contribution in [2.45, 2.75) is 45.0 Å². The molecule has 8 heteroatoms. The number of aryl methyl sites for hydroxylation is 1. The summed E-state index contributed by atoms with van der Waals surface area (Å²) in [5.74, 6) is -0.0296. The van der Waals surface area contributed by atoms with Gasteiger partial charge in [0, 0.05) is 51.2 Å². The Morgan fingerprint density at radius 1 is 1.19 bits per heavy atom. The Bertz CT molecular complexity index is 754. The van der Waals surface area contributed by atoms with Gasteiger partial charge in [0.25, 0.3) is 5.91 Å². The molecule has 0 bridgehead atoms. The number of amides is 1. The summed E-state index contributed by atoms with van der Waals surface area (Å²) >= 11 is 0. The van der Waals surface area contributed by atoms with Gasteiger partial charge in [-0.2, -0.15) is 5.10 Å². The van der Waals surface area contributed by atoms with Crippen LogP contribution in [0, 0.1) is 0 Å². The summed E-state index contributed by atoms with van der Waals surface area (Å²) < 4.78 is 2.03. The molecule has 1 saturated heterocycles. The van der Waals surface area contributed by atoms with Gasteiger partial charge in [-0.15, -0.1) is 0 Å². The molecule has 2 aliphatic rings. The van der Waals surface area contributed by atoms with Gasteiger partial charge >= 0.3 is 0 Å². The summed E-state index contributed by atoms with van der Waals surface area (Å²) in [7, 11) is 0. The molecule has 0 aromatic carbocycles. The predicted molar refractivity (Wildman–Crippen MR) is 94.1 cm³/mol. The van der Waals surface area contributed by atoms with E-state index in [9.17, 15) is 9.90 Å². The topological polar surface area (TPSA) is 87.4 Å². The normalized spacial score (nSPS) is 19.2. The third-order valence-corrected chi connectivity index (χ3v) is 5.31. The second-order valence-electron chi connectivity index (χ2n) is 6.95. The van der Waals surface area contributed by atoms with Gasteiger partial charge in [-0.05, 0) is 25.3 Å². The van der Waals surface area contributed by atoms with Crippen LogP contribution in [0.5, 0.6) is 0 Å². The van der Waals surface area contributed by atoms with E-state index < -0.39 is 0 Å². The lowest BCUT2D eigenvalue weighted by molar-refractivity contribution is 0.0603. The molecule has 0 radical (unpaired) electrons. The Kier molecular flexibility index (Phi) is 4.94. The Morgan fingerprint density at radius 3 is 2.77 bits per heavy atom. The molecule has 0 aliphatic carbocycles. The smallest absolute Gasteiger partial charge is 0.274 e. The van der Waals surface area contributed by atoms with E-state index in [1.165, 1.54) is 11.9 Å². The van der Waals surface area contributed by atoms with Crippen molar-refractivity contribution in [3.8, 4) is 0 Å². The molecular weight excluding hydrogens is 332 g/mol. The summed E-state index contributed by atoms with van der Waals surface area (Å²) in [6, 6.07) is 2.48. The molecule has 0 spiro atoms. The van der Waals surface area contributed by atoms with Crippen molar-refractivity contribution in [2.75, 3.05) is 19.6 Å². The van der Waals surface area contributed by atoms with Gasteiger partial charge in [0.15, 0.2) is 0 Å². The van der Waals surface area contributed by atoms with Crippen molar-refractivity contribution in [1.29, 1.82) is 0 Å². The van der Waals surface area contributed by atoms with Crippen LogP contribution in [-0.2, 0) is 19.7 Å². The fraction of sp³-hybridized carbons (Fsp3) is 0.556. The number of hydrogen-bond acceptors (Lipinski definition) is 6. The Hall–Kier alpha value is -2.32. The zero-order chi connectivity index (χ0) is 17.9. The van der Waals surface area contributed by atoms with Crippen LogP contribution in [0.15, 0.2) is 24.7 Å². The fourth-order valence-corrected chi connectivity index (χ4v) is 3.94. The first kappa shape index (κ1) is 17.1. The van der Waals surface area contributed by atoms with Crippen LogP contribution in [0.1, 0.15) is 41.1 Å². The molecule has 4 rings (SSSR count). The van der Waals surface area contributed by atoms with E-state index in [1.807, 2.05) is 15.6 Å². The van der Waals surface area contributed by atoms with Gasteiger partial charge in [0.2, 0.25) is 0 Å². The maximum atomic E-state index is 12.5. The lowest BCUT2D eigenvalue weighted by Gasteiger charge is -2.37. The number of piperidine rings is 1. The van der Waals surface area contributed by atoms with Gasteiger partial charge in [0.1, 0.15) is 5.69 Å². The van der Waals surface area contributed by atoms with Crippen LogP contribution in [0.3, 0.4) is 0 Å². The summed E-state index contributed by atoms with van der Waals surface area (Å²) in [6.07, 6.45) is 7.65. The molecule has 4 heterocycles. The monoisotopic (exact) mass is 356 g/mol. The van der Waals surface area contributed by atoms with Crippen molar-refractivity contribution in [3.63, 3.8) is 0 Å². The first-order valence-electron chi connectivity index (χ1n) is 9.20. The average molecular weight is 356 g/mol. The second-order valence-corrected chi connectivity index (χ2v) is 6.95. The van der Waals surface area contributed by atoms with Crippen molar-refractivity contribution < 1.29 is 9.90 Å². The van der Waals surface area contributed by atoms with E-state index in [0.29, 0.717) is 11.7 Å². The Balaban J connectivity index is 1.38. The number of carbonyl (C=O) groups is 1. The Labute approximate surface area is 152 Å². The van der Waals surface area contributed by atoms with Crippen LogP contribution >= 0.6 is 0 Å². The highest BCUT2D eigenvalue weighted by Crippen LogP contribution is 2.23. The highest BCUT2D eigenvalue weighted by Gasteiger charge is 2.29. The highest BCUT2D eigenvalue weighted by atomic mass is 16.3. The third kappa shape index (κ3) is 3.47. The molecule has 138 valence electrons. The number of likely N-dealkylation sites (tertiary alicyclic amines) is 1. The van der Waals surface area contributed by atoms with Gasteiger partial charge in [0.05, 0.1) is 24.2 Å². The number of aliphatic hydroxyl groups is 1. The SMILES string of the molecule is O=C(c1cnccn1)N1CCC(N2CCCn3nc(CO)cc3C2)CC1. The number of aromatic nitrogens is 4. The summed E-state index contributed by atoms with van der Waals surface area (Å²) in [6.45, 7) is 4.28. The molecule has 0 atom stereocenters. The predicted octanol–water partition coefficient (Wildman–Crippen LogP) is 0.676. The molecule has 0 unspecified atom stereocenters. The maximum absolute atomic E-state index is 12.5. The molecule has 1 amide bonds. The largest absolute Gasteiger partial charge is 0.390 e. The molecule has 2 aromatic rings. The number of rotatable bonds is 3. The molecule has 26 heavy (non-hydrogen) atoms. The molecule has 8 nitrogen and oxygen atoms in total. The van der Waals surface area contributed by atoms with Crippen molar-refractivity contribution in [2.24, 2.45) is 0 Å². The number of hydrogen-bond donors (Lipinski definition) is 1. The highest BCUT2D eigenvalue weighted by molar-refractivity contribution is 5.92. The minimum absolute atomic E-state index is 0.0110. The van der Waals surface area contributed by atoms with Crippen LogP contribution < -0.4 is 0 Å². The lowest BCUT2D eigenvalue weighted by atomic mass is 10.0. The number of nitrogens with zero attached hydrogens (tertiary/aromatic N) is 6. The first-order chi connectivity index (χ1) is 12.7. The minimum atomic E-state index is -0.0296. The van der Waals surface area contributed by atoms with Crippen molar-refractivity contribution >= 4 is 5.91 Å². The Morgan fingerprint density at radius 2 is 2.04 bits per heavy atom.